The predicted octanol–water partition coefficient (Wildman–Crippen LogP) is 3.59. The van der Waals surface area contributed by atoms with Crippen LogP contribution in [0.3, 0.4) is 0 Å². The standard InChI is InChI=1S/C13H15BrO2/c1-9(8-12(15)16)13(6-7-13)10-2-4-11(14)5-3-10/h2-5,9H,6-8H2,1H3,(H,15,16). The summed E-state index contributed by atoms with van der Waals surface area (Å²) in [6.07, 6.45) is 2.49. The first-order valence-electron chi connectivity index (χ1n) is 5.52. The van der Waals surface area contributed by atoms with Crippen molar-refractivity contribution >= 4 is 21.9 Å². The van der Waals surface area contributed by atoms with E-state index >= 15 is 0 Å². The summed E-state index contributed by atoms with van der Waals surface area (Å²) in [4.78, 5) is 10.8. The summed E-state index contributed by atoms with van der Waals surface area (Å²) in [6, 6.07) is 8.27. The second kappa shape index (κ2) is 4.21. The molecule has 1 saturated carbocycles. The van der Waals surface area contributed by atoms with Crippen molar-refractivity contribution in [1.82, 2.24) is 0 Å². The normalized spacial score (nSPS) is 19.1. The number of carboxylic acids is 1. The van der Waals surface area contributed by atoms with E-state index in [-0.39, 0.29) is 17.8 Å². The smallest absolute Gasteiger partial charge is 0.303 e. The minimum atomic E-state index is -0.698. The van der Waals surface area contributed by atoms with Gasteiger partial charge in [0.15, 0.2) is 0 Å². The van der Waals surface area contributed by atoms with Gasteiger partial charge in [0.2, 0.25) is 0 Å². The lowest BCUT2D eigenvalue weighted by atomic mass is 9.82. The molecule has 2 nitrogen and oxygen atoms in total. The average Bonchev–Trinajstić information content (AvgIpc) is 2.98. The molecule has 16 heavy (non-hydrogen) atoms. The summed E-state index contributed by atoms with van der Waals surface area (Å²) >= 11 is 3.42. The van der Waals surface area contributed by atoms with Crippen molar-refractivity contribution in [3.8, 4) is 0 Å². The number of hydrogen-bond acceptors (Lipinski definition) is 1. The highest BCUT2D eigenvalue weighted by molar-refractivity contribution is 9.10. The second-order valence-corrected chi connectivity index (χ2v) is 5.58. The number of halogens is 1. The van der Waals surface area contributed by atoms with E-state index in [1.807, 2.05) is 19.1 Å². The summed E-state index contributed by atoms with van der Waals surface area (Å²) in [7, 11) is 0. The van der Waals surface area contributed by atoms with Crippen molar-refractivity contribution in [1.29, 1.82) is 0 Å². The van der Waals surface area contributed by atoms with E-state index in [4.69, 9.17) is 5.11 Å². The summed E-state index contributed by atoms with van der Waals surface area (Å²) in [5.74, 6) is -0.484. The number of carboxylic acid groups (broad SMARTS) is 1. The highest BCUT2D eigenvalue weighted by Crippen LogP contribution is 2.54. The fraction of sp³-hybridized carbons (Fsp3) is 0.462. The molecule has 0 bridgehead atoms. The second-order valence-electron chi connectivity index (χ2n) is 4.66. The highest BCUT2D eigenvalue weighted by atomic mass is 79.9. The van der Waals surface area contributed by atoms with Gasteiger partial charge in [-0.2, -0.15) is 0 Å². The van der Waals surface area contributed by atoms with E-state index in [9.17, 15) is 4.79 Å². The zero-order chi connectivity index (χ0) is 11.8. The third-order valence-corrected chi connectivity index (χ3v) is 4.16. The lowest BCUT2D eigenvalue weighted by Crippen LogP contribution is -2.20. The molecule has 2 rings (SSSR count). The van der Waals surface area contributed by atoms with Gasteiger partial charge in [-0.25, -0.2) is 0 Å². The molecule has 86 valence electrons. The van der Waals surface area contributed by atoms with Crippen LogP contribution in [-0.4, -0.2) is 11.1 Å². The molecular weight excluding hydrogens is 268 g/mol. The van der Waals surface area contributed by atoms with Crippen LogP contribution in [0.5, 0.6) is 0 Å². The van der Waals surface area contributed by atoms with Crippen LogP contribution >= 0.6 is 15.9 Å². The molecule has 0 saturated heterocycles. The molecule has 1 aromatic carbocycles. The van der Waals surface area contributed by atoms with Crippen LogP contribution in [0.1, 0.15) is 31.7 Å². The Kier molecular flexibility index (Phi) is 3.06. The fourth-order valence-corrected chi connectivity index (χ4v) is 2.70. The Balaban J connectivity index is 2.19. The van der Waals surface area contributed by atoms with Crippen LogP contribution in [0.2, 0.25) is 0 Å². The molecule has 1 aliphatic rings. The first-order valence-corrected chi connectivity index (χ1v) is 6.32. The maximum absolute atomic E-state index is 10.8. The van der Waals surface area contributed by atoms with Crippen molar-refractivity contribution in [2.75, 3.05) is 0 Å². The number of rotatable bonds is 4. The van der Waals surface area contributed by atoms with Crippen molar-refractivity contribution in [2.24, 2.45) is 5.92 Å². The van der Waals surface area contributed by atoms with Crippen molar-refractivity contribution < 1.29 is 9.90 Å². The average molecular weight is 283 g/mol. The van der Waals surface area contributed by atoms with Gasteiger partial charge in [-0.05, 0) is 41.9 Å². The van der Waals surface area contributed by atoms with Gasteiger partial charge in [0.25, 0.3) is 0 Å². The molecule has 0 aliphatic heterocycles. The molecule has 1 aliphatic carbocycles. The van der Waals surface area contributed by atoms with Gasteiger partial charge in [0.1, 0.15) is 0 Å². The molecule has 1 N–H and O–H groups in total. The van der Waals surface area contributed by atoms with Gasteiger partial charge in [0.05, 0.1) is 0 Å². The number of hydrogen-bond donors (Lipinski definition) is 1. The van der Waals surface area contributed by atoms with Gasteiger partial charge in [-0.3, -0.25) is 4.79 Å². The van der Waals surface area contributed by atoms with Crippen LogP contribution in [0.15, 0.2) is 28.7 Å². The number of benzene rings is 1. The summed E-state index contributed by atoms with van der Waals surface area (Å²) in [5.41, 5.74) is 1.41. The summed E-state index contributed by atoms with van der Waals surface area (Å²) < 4.78 is 1.07. The molecule has 1 aromatic rings. The molecule has 0 aromatic heterocycles. The van der Waals surface area contributed by atoms with E-state index < -0.39 is 5.97 Å². The fourth-order valence-electron chi connectivity index (χ4n) is 2.44. The minimum Gasteiger partial charge on any atom is -0.481 e. The van der Waals surface area contributed by atoms with Gasteiger partial charge >= 0.3 is 5.97 Å². The summed E-state index contributed by atoms with van der Waals surface area (Å²) in [6.45, 7) is 2.04. The number of carbonyl (C=O) groups is 1. The van der Waals surface area contributed by atoms with Crippen molar-refractivity contribution in [2.45, 2.75) is 31.6 Å². The maximum atomic E-state index is 10.8. The van der Waals surface area contributed by atoms with E-state index in [2.05, 4.69) is 28.1 Å². The lowest BCUT2D eigenvalue weighted by molar-refractivity contribution is -0.138. The van der Waals surface area contributed by atoms with Crippen LogP contribution in [-0.2, 0) is 10.2 Å². The Bertz CT molecular complexity index is 393. The Hall–Kier alpha value is -0.830. The first kappa shape index (κ1) is 11.6. The Morgan fingerprint density at radius 2 is 2.00 bits per heavy atom. The monoisotopic (exact) mass is 282 g/mol. The Morgan fingerprint density at radius 1 is 1.44 bits per heavy atom. The molecule has 0 heterocycles. The topological polar surface area (TPSA) is 37.3 Å². The molecule has 1 fully saturated rings. The van der Waals surface area contributed by atoms with E-state index in [1.165, 1.54) is 5.56 Å². The first-order chi connectivity index (χ1) is 7.54. The summed E-state index contributed by atoms with van der Waals surface area (Å²) in [5, 5.41) is 8.86. The molecule has 1 atom stereocenters. The van der Waals surface area contributed by atoms with Gasteiger partial charge < -0.3 is 5.11 Å². The van der Waals surface area contributed by atoms with Gasteiger partial charge in [0, 0.05) is 10.9 Å². The third kappa shape index (κ3) is 2.14. The highest BCUT2D eigenvalue weighted by Gasteiger charge is 2.48. The minimum absolute atomic E-state index is 0.124. The van der Waals surface area contributed by atoms with Crippen LogP contribution in [0, 0.1) is 5.92 Å². The van der Waals surface area contributed by atoms with Crippen LogP contribution < -0.4 is 0 Å². The van der Waals surface area contributed by atoms with Gasteiger partial charge in [-0.15, -0.1) is 0 Å². The van der Waals surface area contributed by atoms with E-state index in [0.29, 0.717) is 0 Å². The molecule has 0 amide bonds. The van der Waals surface area contributed by atoms with Gasteiger partial charge in [-0.1, -0.05) is 35.0 Å². The molecule has 0 radical (unpaired) electrons. The zero-order valence-corrected chi connectivity index (χ0v) is 10.8. The zero-order valence-electron chi connectivity index (χ0n) is 9.24. The Labute approximate surface area is 104 Å². The largest absolute Gasteiger partial charge is 0.481 e. The number of aliphatic carboxylic acids is 1. The maximum Gasteiger partial charge on any atom is 0.303 e. The molecule has 1 unspecified atom stereocenters. The molecular formula is C13H15BrO2. The predicted molar refractivity (Wildman–Crippen MR) is 66.5 cm³/mol. The molecule has 0 spiro atoms. The molecule has 3 heteroatoms. The SMILES string of the molecule is CC(CC(=O)O)C1(c2ccc(Br)cc2)CC1. The van der Waals surface area contributed by atoms with Crippen molar-refractivity contribution in [3.05, 3.63) is 34.3 Å². The Morgan fingerprint density at radius 3 is 2.44 bits per heavy atom. The van der Waals surface area contributed by atoms with Crippen LogP contribution in [0.25, 0.3) is 0 Å². The van der Waals surface area contributed by atoms with E-state index in [0.717, 1.165) is 17.3 Å². The van der Waals surface area contributed by atoms with E-state index in [1.54, 1.807) is 0 Å². The lowest BCUT2D eigenvalue weighted by Gasteiger charge is -2.22. The third-order valence-electron chi connectivity index (χ3n) is 3.63. The van der Waals surface area contributed by atoms with Crippen LogP contribution in [0.4, 0.5) is 0 Å². The quantitative estimate of drug-likeness (QED) is 0.916. The van der Waals surface area contributed by atoms with Crippen molar-refractivity contribution in [3.63, 3.8) is 0 Å².